The number of benzene rings is 1. The smallest absolute Gasteiger partial charge is 0.281 e. The van der Waals surface area contributed by atoms with Gasteiger partial charge in [0.2, 0.25) is 0 Å². The molecule has 29 heavy (non-hydrogen) atoms. The Morgan fingerprint density at radius 1 is 1.34 bits per heavy atom. The van der Waals surface area contributed by atoms with E-state index < -0.39 is 0 Å². The van der Waals surface area contributed by atoms with Gasteiger partial charge in [0.25, 0.3) is 5.56 Å². The summed E-state index contributed by atoms with van der Waals surface area (Å²) in [5, 5.41) is 0.813. The molecule has 1 aromatic carbocycles. The molecule has 6 nitrogen and oxygen atoms in total. The molecule has 154 valence electrons. The average Bonchev–Trinajstić information content (AvgIpc) is 3.25. The molecule has 0 amide bonds. The van der Waals surface area contributed by atoms with Crippen LogP contribution in [0.3, 0.4) is 0 Å². The monoisotopic (exact) mass is 418 g/mol. The van der Waals surface area contributed by atoms with Crippen LogP contribution in [-0.4, -0.2) is 48.2 Å². The van der Waals surface area contributed by atoms with Crippen LogP contribution in [0.25, 0.3) is 22.0 Å². The predicted octanol–water partition coefficient (Wildman–Crippen LogP) is 3.97. The zero-order valence-electron chi connectivity index (χ0n) is 16.8. The number of fused-ring (bicyclic) bond motifs is 3. The SMILES string of the molecule is Cc1nc2c(=O)n(C3CC3)c3c(Cl)c(N4CCC(CN(C)C)C4)c(F)cc3c2o1. The van der Waals surface area contributed by atoms with Crippen molar-refractivity contribution in [3.05, 3.63) is 33.2 Å². The minimum Gasteiger partial charge on any atom is -0.440 e. The third-order valence-electron chi connectivity index (χ3n) is 5.95. The summed E-state index contributed by atoms with van der Waals surface area (Å²) in [5.74, 6) is 0.462. The van der Waals surface area contributed by atoms with E-state index in [9.17, 15) is 4.79 Å². The van der Waals surface area contributed by atoms with Crippen molar-refractivity contribution in [2.45, 2.75) is 32.2 Å². The van der Waals surface area contributed by atoms with Crippen molar-refractivity contribution < 1.29 is 8.81 Å². The van der Waals surface area contributed by atoms with Crippen LogP contribution in [0.4, 0.5) is 10.1 Å². The van der Waals surface area contributed by atoms with E-state index in [0.717, 1.165) is 38.9 Å². The van der Waals surface area contributed by atoms with Gasteiger partial charge in [0.15, 0.2) is 17.0 Å². The lowest BCUT2D eigenvalue weighted by atomic mass is 10.1. The zero-order valence-corrected chi connectivity index (χ0v) is 17.6. The largest absolute Gasteiger partial charge is 0.440 e. The van der Waals surface area contributed by atoms with E-state index >= 15 is 4.39 Å². The third-order valence-corrected chi connectivity index (χ3v) is 6.30. The fourth-order valence-electron chi connectivity index (χ4n) is 4.65. The summed E-state index contributed by atoms with van der Waals surface area (Å²) in [7, 11) is 4.09. The van der Waals surface area contributed by atoms with Gasteiger partial charge in [-0.2, -0.15) is 0 Å². The molecule has 2 aromatic heterocycles. The molecule has 0 N–H and O–H groups in total. The van der Waals surface area contributed by atoms with Crippen molar-refractivity contribution in [3.8, 4) is 0 Å². The minimum atomic E-state index is -0.385. The summed E-state index contributed by atoms with van der Waals surface area (Å²) in [4.78, 5) is 21.6. The molecule has 5 rings (SSSR count). The lowest BCUT2D eigenvalue weighted by molar-refractivity contribution is 0.340. The van der Waals surface area contributed by atoms with Gasteiger partial charge in [-0.1, -0.05) is 11.6 Å². The first-order chi connectivity index (χ1) is 13.8. The van der Waals surface area contributed by atoms with Gasteiger partial charge in [-0.05, 0) is 45.3 Å². The van der Waals surface area contributed by atoms with Crippen LogP contribution in [0.1, 0.15) is 31.2 Å². The second-order valence-electron chi connectivity index (χ2n) is 8.60. The highest BCUT2D eigenvalue weighted by Gasteiger charge is 2.33. The highest BCUT2D eigenvalue weighted by Crippen LogP contribution is 2.44. The lowest BCUT2D eigenvalue weighted by Crippen LogP contribution is -2.27. The molecule has 0 spiro atoms. The van der Waals surface area contributed by atoms with E-state index in [1.54, 1.807) is 11.5 Å². The van der Waals surface area contributed by atoms with Crippen LogP contribution in [-0.2, 0) is 0 Å². The van der Waals surface area contributed by atoms with E-state index in [-0.39, 0.29) is 22.9 Å². The number of halogens is 2. The number of rotatable bonds is 4. The van der Waals surface area contributed by atoms with Crippen molar-refractivity contribution in [1.29, 1.82) is 0 Å². The van der Waals surface area contributed by atoms with Gasteiger partial charge in [-0.15, -0.1) is 0 Å². The predicted molar refractivity (Wildman–Crippen MR) is 113 cm³/mol. The second-order valence-corrected chi connectivity index (χ2v) is 8.98. The maximum atomic E-state index is 15.3. The number of nitrogens with zero attached hydrogens (tertiary/aromatic N) is 4. The quantitative estimate of drug-likeness (QED) is 0.641. The topological polar surface area (TPSA) is 54.5 Å². The zero-order chi connectivity index (χ0) is 20.4. The van der Waals surface area contributed by atoms with E-state index in [4.69, 9.17) is 16.0 Å². The minimum absolute atomic E-state index is 0.0854. The van der Waals surface area contributed by atoms with Crippen LogP contribution >= 0.6 is 11.6 Å². The molecule has 8 heteroatoms. The van der Waals surface area contributed by atoms with Gasteiger partial charge in [0.1, 0.15) is 5.82 Å². The Kier molecular flexibility index (Phi) is 4.37. The molecule has 3 heterocycles. The number of pyridine rings is 1. The summed E-state index contributed by atoms with van der Waals surface area (Å²) in [6.45, 7) is 4.14. The first kappa shape index (κ1) is 18.9. The summed E-state index contributed by atoms with van der Waals surface area (Å²) in [6, 6.07) is 1.54. The van der Waals surface area contributed by atoms with E-state index in [0.29, 0.717) is 39.0 Å². The number of oxazole rings is 1. The van der Waals surface area contributed by atoms with Crippen LogP contribution in [0.2, 0.25) is 5.02 Å². The van der Waals surface area contributed by atoms with Crippen molar-refractivity contribution in [2.24, 2.45) is 5.92 Å². The fraction of sp³-hybridized carbons (Fsp3) is 0.524. The molecule has 1 atom stereocenters. The average molecular weight is 419 g/mol. The molecular formula is C21H24ClFN4O2. The normalized spacial score (nSPS) is 19.9. The van der Waals surface area contributed by atoms with Gasteiger partial charge in [0, 0.05) is 38.0 Å². The molecule has 2 aliphatic rings. The van der Waals surface area contributed by atoms with E-state index in [1.165, 1.54) is 6.07 Å². The van der Waals surface area contributed by atoms with Crippen molar-refractivity contribution >= 4 is 39.3 Å². The fourth-order valence-corrected chi connectivity index (χ4v) is 5.05. The van der Waals surface area contributed by atoms with Gasteiger partial charge in [-0.3, -0.25) is 4.79 Å². The molecule has 1 saturated carbocycles. The number of hydrogen-bond acceptors (Lipinski definition) is 5. The highest BCUT2D eigenvalue weighted by atomic mass is 35.5. The molecule has 1 aliphatic carbocycles. The summed E-state index contributed by atoms with van der Waals surface area (Å²) in [6.07, 6.45) is 2.81. The molecular weight excluding hydrogens is 395 g/mol. The number of aromatic nitrogens is 2. The van der Waals surface area contributed by atoms with Crippen LogP contribution in [0, 0.1) is 18.7 Å². The number of aryl methyl sites for hydroxylation is 1. The van der Waals surface area contributed by atoms with Gasteiger partial charge < -0.3 is 18.8 Å². The first-order valence-corrected chi connectivity index (χ1v) is 10.5. The van der Waals surface area contributed by atoms with Crippen LogP contribution < -0.4 is 10.5 Å². The van der Waals surface area contributed by atoms with Crippen molar-refractivity contribution in [1.82, 2.24) is 14.5 Å². The van der Waals surface area contributed by atoms with Crippen molar-refractivity contribution in [2.75, 3.05) is 38.6 Å². The summed E-state index contributed by atoms with van der Waals surface area (Å²) >= 11 is 6.82. The Balaban J connectivity index is 1.73. The Morgan fingerprint density at radius 3 is 2.79 bits per heavy atom. The standard InChI is InChI=1S/C21H24ClFN4O2/c1-11-24-17-20(29-11)14-8-15(23)19(26-7-6-12(10-26)9-25(2)3)16(22)18(14)27(21(17)28)13-4-5-13/h8,12-13H,4-7,9-10H2,1-3H3. The van der Waals surface area contributed by atoms with Crippen molar-refractivity contribution in [3.63, 3.8) is 0 Å². The maximum absolute atomic E-state index is 15.3. The Morgan fingerprint density at radius 2 is 2.10 bits per heavy atom. The summed E-state index contributed by atoms with van der Waals surface area (Å²) < 4.78 is 22.7. The maximum Gasteiger partial charge on any atom is 0.281 e. The number of anilines is 1. The third kappa shape index (κ3) is 3.02. The Bertz CT molecular complexity index is 1180. The number of hydrogen-bond donors (Lipinski definition) is 0. The van der Waals surface area contributed by atoms with E-state index in [1.807, 2.05) is 19.0 Å². The molecule has 3 aromatic rings. The van der Waals surface area contributed by atoms with Crippen LogP contribution in [0.5, 0.6) is 0 Å². The van der Waals surface area contributed by atoms with Crippen LogP contribution in [0.15, 0.2) is 15.3 Å². The summed E-state index contributed by atoms with van der Waals surface area (Å²) in [5.41, 5.74) is 1.31. The molecule has 0 bridgehead atoms. The lowest BCUT2D eigenvalue weighted by Gasteiger charge is -2.23. The highest BCUT2D eigenvalue weighted by molar-refractivity contribution is 6.38. The van der Waals surface area contributed by atoms with Gasteiger partial charge >= 0.3 is 0 Å². The van der Waals surface area contributed by atoms with E-state index in [2.05, 4.69) is 9.88 Å². The molecule has 2 fully saturated rings. The molecule has 1 aliphatic heterocycles. The molecule has 1 unspecified atom stereocenters. The van der Waals surface area contributed by atoms with Gasteiger partial charge in [0.05, 0.1) is 16.2 Å². The Hall–Kier alpha value is -2.12. The molecule has 1 saturated heterocycles. The second kappa shape index (κ2) is 6.71. The Labute approximate surface area is 172 Å². The molecule has 0 radical (unpaired) electrons. The van der Waals surface area contributed by atoms with Gasteiger partial charge in [-0.25, -0.2) is 9.37 Å². The first-order valence-electron chi connectivity index (χ1n) is 10.1.